The first-order valence-corrected chi connectivity index (χ1v) is 10.5. The molecule has 0 saturated carbocycles. The Balaban J connectivity index is 1.70. The molecule has 0 bridgehead atoms. The lowest BCUT2D eigenvalue weighted by molar-refractivity contribution is -0.114. The Bertz CT molecular complexity index is 1190. The lowest BCUT2D eigenvalue weighted by Crippen LogP contribution is -2.28. The van der Waals surface area contributed by atoms with E-state index in [1.807, 2.05) is 60.7 Å². The van der Waals surface area contributed by atoms with Crippen molar-refractivity contribution < 1.29 is 4.79 Å². The molecule has 0 fully saturated rings. The molecule has 0 atom stereocenters. The van der Waals surface area contributed by atoms with Gasteiger partial charge in [0.1, 0.15) is 5.52 Å². The molecule has 1 heterocycles. The summed E-state index contributed by atoms with van der Waals surface area (Å²) in [5, 5.41) is 1.77. The third-order valence-corrected chi connectivity index (χ3v) is 6.04. The zero-order valence-electron chi connectivity index (χ0n) is 15.3. The second-order valence-electron chi connectivity index (χ2n) is 6.35. The molecule has 0 aliphatic heterocycles. The summed E-state index contributed by atoms with van der Waals surface area (Å²) in [7, 11) is 0. The van der Waals surface area contributed by atoms with Crippen LogP contribution in [0.4, 0.5) is 5.13 Å². The number of carbonyl (C=O) groups excluding carboxylic acids is 1. The number of benzene rings is 3. The largest absolute Gasteiger partial charge is 0.280 e. The molecule has 0 spiro atoms. The van der Waals surface area contributed by atoms with Gasteiger partial charge in [-0.2, -0.15) is 0 Å². The van der Waals surface area contributed by atoms with Crippen LogP contribution in [0.3, 0.4) is 0 Å². The van der Waals surface area contributed by atoms with Crippen LogP contribution in [0.1, 0.15) is 11.1 Å². The number of carbonyl (C=O) groups is 1. The molecule has 144 valence electrons. The van der Waals surface area contributed by atoms with E-state index in [9.17, 15) is 4.79 Å². The fourth-order valence-corrected chi connectivity index (χ4v) is 4.35. The number of rotatable bonds is 5. The molecule has 3 nitrogen and oxygen atoms in total. The van der Waals surface area contributed by atoms with E-state index in [4.69, 9.17) is 23.2 Å². The Morgan fingerprint density at radius 3 is 2.41 bits per heavy atom. The van der Waals surface area contributed by atoms with Gasteiger partial charge in [0.25, 0.3) is 5.91 Å². The highest BCUT2D eigenvalue weighted by atomic mass is 35.5. The van der Waals surface area contributed by atoms with E-state index in [1.54, 1.807) is 23.1 Å². The van der Waals surface area contributed by atoms with Gasteiger partial charge in [0.05, 0.1) is 16.3 Å². The SMILES string of the molecule is O=C(/C=C/c1ccccc1Cl)N(Cc1ccccc1)c1nc2c(Cl)cccc2s1. The second kappa shape index (κ2) is 8.78. The number of fused-ring (bicyclic) bond motifs is 1. The molecule has 6 heteroatoms. The van der Waals surface area contributed by atoms with Crippen molar-refractivity contribution >= 4 is 61.9 Å². The molecule has 1 aromatic heterocycles. The molecule has 0 saturated heterocycles. The van der Waals surface area contributed by atoms with Gasteiger partial charge in [0.15, 0.2) is 5.13 Å². The highest BCUT2D eigenvalue weighted by Gasteiger charge is 2.19. The molecule has 29 heavy (non-hydrogen) atoms. The fraction of sp³-hybridized carbons (Fsp3) is 0.0435. The number of hydrogen-bond donors (Lipinski definition) is 0. The normalized spacial score (nSPS) is 11.2. The lowest BCUT2D eigenvalue weighted by Gasteiger charge is -2.18. The maximum Gasteiger partial charge on any atom is 0.253 e. The number of nitrogens with zero attached hydrogens (tertiary/aromatic N) is 2. The van der Waals surface area contributed by atoms with E-state index in [0.29, 0.717) is 27.2 Å². The van der Waals surface area contributed by atoms with Crippen molar-refractivity contribution in [3.05, 3.63) is 100 Å². The van der Waals surface area contributed by atoms with Crippen LogP contribution in [0.5, 0.6) is 0 Å². The summed E-state index contributed by atoms with van der Waals surface area (Å²) < 4.78 is 0.938. The van der Waals surface area contributed by atoms with E-state index < -0.39 is 0 Å². The summed E-state index contributed by atoms with van der Waals surface area (Å²) in [5.74, 6) is -0.177. The van der Waals surface area contributed by atoms with Gasteiger partial charge in [-0.15, -0.1) is 0 Å². The van der Waals surface area contributed by atoms with Crippen molar-refractivity contribution in [2.45, 2.75) is 6.54 Å². The van der Waals surface area contributed by atoms with Crippen molar-refractivity contribution in [1.29, 1.82) is 0 Å². The molecular formula is C23H16Cl2N2OS. The standard InChI is InChI=1S/C23H16Cl2N2OS/c24-18-10-5-4-9-17(18)13-14-21(28)27(15-16-7-2-1-3-8-16)23-26-22-19(25)11-6-12-20(22)29-23/h1-14H,15H2/b14-13+. The monoisotopic (exact) mass is 438 g/mol. The Morgan fingerprint density at radius 1 is 0.931 bits per heavy atom. The first kappa shape index (κ1) is 19.6. The first-order valence-electron chi connectivity index (χ1n) is 8.95. The van der Waals surface area contributed by atoms with E-state index in [1.165, 1.54) is 17.4 Å². The van der Waals surface area contributed by atoms with Crippen molar-refractivity contribution in [2.24, 2.45) is 0 Å². The van der Waals surface area contributed by atoms with Gasteiger partial charge in [-0.1, -0.05) is 89.1 Å². The van der Waals surface area contributed by atoms with Crippen LogP contribution in [0, 0.1) is 0 Å². The highest BCUT2D eigenvalue weighted by molar-refractivity contribution is 7.22. The number of halogens is 2. The van der Waals surface area contributed by atoms with Crippen LogP contribution < -0.4 is 4.90 Å². The number of para-hydroxylation sites is 1. The Labute approximate surface area is 182 Å². The molecular weight excluding hydrogens is 423 g/mol. The molecule has 0 N–H and O–H groups in total. The Kier molecular flexibility index (Phi) is 5.95. The predicted octanol–water partition coefficient (Wildman–Crippen LogP) is 6.85. The molecule has 3 aromatic carbocycles. The Morgan fingerprint density at radius 2 is 1.66 bits per heavy atom. The first-order chi connectivity index (χ1) is 14.1. The minimum absolute atomic E-state index is 0.177. The second-order valence-corrected chi connectivity index (χ2v) is 8.17. The average molecular weight is 439 g/mol. The number of hydrogen-bond acceptors (Lipinski definition) is 3. The van der Waals surface area contributed by atoms with E-state index >= 15 is 0 Å². The van der Waals surface area contributed by atoms with Gasteiger partial charge in [0, 0.05) is 11.1 Å². The van der Waals surface area contributed by atoms with Crippen LogP contribution >= 0.6 is 34.5 Å². The molecule has 0 unspecified atom stereocenters. The quantitative estimate of drug-likeness (QED) is 0.319. The minimum Gasteiger partial charge on any atom is -0.280 e. The maximum absolute atomic E-state index is 13.1. The van der Waals surface area contributed by atoms with Crippen LogP contribution in [0.2, 0.25) is 10.0 Å². The van der Waals surface area contributed by atoms with Crippen LogP contribution in [-0.2, 0) is 11.3 Å². The summed E-state index contributed by atoms with van der Waals surface area (Å²) in [6.45, 7) is 0.407. The zero-order chi connectivity index (χ0) is 20.2. The van der Waals surface area contributed by atoms with Gasteiger partial charge in [-0.25, -0.2) is 4.98 Å². The number of aromatic nitrogens is 1. The minimum atomic E-state index is -0.177. The summed E-state index contributed by atoms with van der Waals surface area (Å²) >= 11 is 13.9. The topological polar surface area (TPSA) is 33.2 Å². The molecule has 0 aliphatic rings. The summed E-state index contributed by atoms with van der Waals surface area (Å²) in [4.78, 5) is 19.4. The number of thiazole rings is 1. The fourth-order valence-electron chi connectivity index (χ4n) is 2.89. The smallest absolute Gasteiger partial charge is 0.253 e. The van der Waals surface area contributed by atoms with Crippen molar-refractivity contribution in [2.75, 3.05) is 4.90 Å². The van der Waals surface area contributed by atoms with Gasteiger partial charge < -0.3 is 0 Å². The van der Waals surface area contributed by atoms with Gasteiger partial charge in [-0.3, -0.25) is 9.69 Å². The van der Waals surface area contributed by atoms with Gasteiger partial charge in [-0.05, 0) is 35.4 Å². The summed E-state index contributed by atoms with van der Waals surface area (Å²) in [6.07, 6.45) is 3.25. The highest BCUT2D eigenvalue weighted by Crippen LogP contribution is 2.33. The molecule has 0 aliphatic carbocycles. The van der Waals surface area contributed by atoms with Crippen molar-refractivity contribution in [3.63, 3.8) is 0 Å². The molecule has 1 amide bonds. The van der Waals surface area contributed by atoms with Crippen LogP contribution in [0.15, 0.2) is 78.9 Å². The van der Waals surface area contributed by atoms with E-state index in [2.05, 4.69) is 4.98 Å². The summed E-state index contributed by atoms with van der Waals surface area (Å²) in [6, 6.07) is 22.9. The van der Waals surface area contributed by atoms with Gasteiger partial charge in [0.2, 0.25) is 0 Å². The molecule has 0 radical (unpaired) electrons. The van der Waals surface area contributed by atoms with Crippen molar-refractivity contribution in [1.82, 2.24) is 4.98 Å². The molecule has 4 rings (SSSR count). The predicted molar refractivity (Wildman–Crippen MR) is 123 cm³/mol. The lowest BCUT2D eigenvalue weighted by atomic mass is 10.2. The van der Waals surface area contributed by atoms with Gasteiger partial charge >= 0.3 is 0 Å². The Hall–Kier alpha value is -2.66. The number of anilines is 1. The average Bonchev–Trinajstić information content (AvgIpc) is 3.17. The zero-order valence-corrected chi connectivity index (χ0v) is 17.6. The maximum atomic E-state index is 13.1. The summed E-state index contributed by atoms with van der Waals surface area (Å²) in [5.41, 5.74) is 2.50. The third-order valence-electron chi connectivity index (χ3n) is 4.35. The van der Waals surface area contributed by atoms with Crippen molar-refractivity contribution in [3.8, 4) is 0 Å². The number of amides is 1. The van der Waals surface area contributed by atoms with Crippen LogP contribution in [0.25, 0.3) is 16.3 Å². The molecule has 4 aromatic rings. The van der Waals surface area contributed by atoms with Crippen LogP contribution in [-0.4, -0.2) is 10.9 Å². The van der Waals surface area contributed by atoms with E-state index in [-0.39, 0.29) is 5.91 Å². The third kappa shape index (κ3) is 4.51. The van der Waals surface area contributed by atoms with E-state index in [0.717, 1.165) is 15.8 Å².